The highest BCUT2D eigenvalue weighted by molar-refractivity contribution is 7.99. The Hall–Kier alpha value is 0.660. The number of hydrogen-bond donors (Lipinski definition) is 1. The predicted octanol–water partition coefficient (Wildman–Crippen LogP) is 3.54. The van der Waals surface area contributed by atoms with Crippen molar-refractivity contribution in [2.24, 2.45) is 0 Å². The maximum absolute atomic E-state index is 3.92. The van der Waals surface area contributed by atoms with Crippen LogP contribution < -0.4 is 5.32 Å². The van der Waals surface area contributed by atoms with Gasteiger partial charge in [-0.2, -0.15) is 23.5 Å². The van der Waals surface area contributed by atoms with Gasteiger partial charge in [-0.1, -0.05) is 13.3 Å². The van der Waals surface area contributed by atoms with Crippen molar-refractivity contribution in [2.45, 2.75) is 62.8 Å². The monoisotopic (exact) mass is 259 g/mol. The maximum atomic E-state index is 3.92. The molecule has 0 spiro atoms. The van der Waals surface area contributed by atoms with E-state index < -0.39 is 0 Å². The molecule has 0 aromatic heterocycles. The minimum absolute atomic E-state index is 0.825. The van der Waals surface area contributed by atoms with Crippen LogP contribution in [0.25, 0.3) is 0 Å². The van der Waals surface area contributed by atoms with Crippen LogP contribution in [-0.2, 0) is 0 Å². The van der Waals surface area contributed by atoms with Crippen molar-refractivity contribution in [2.75, 3.05) is 17.3 Å². The second-order valence-electron chi connectivity index (χ2n) is 4.99. The first-order chi connectivity index (χ1) is 7.88. The topological polar surface area (TPSA) is 12.0 Å². The lowest BCUT2D eigenvalue weighted by atomic mass is 9.94. The van der Waals surface area contributed by atoms with Crippen molar-refractivity contribution in [1.29, 1.82) is 0 Å². The predicted molar refractivity (Wildman–Crippen MR) is 77.7 cm³/mol. The van der Waals surface area contributed by atoms with Crippen molar-refractivity contribution in [3.05, 3.63) is 0 Å². The molecule has 2 aliphatic rings. The van der Waals surface area contributed by atoms with Crippen molar-refractivity contribution in [3.63, 3.8) is 0 Å². The van der Waals surface area contributed by atoms with Gasteiger partial charge in [0.25, 0.3) is 0 Å². The number of nitrogens with one attached hydrogen (secondary N) is 1. The Morgan fingerprint density at radius 3 is 2.69 bits per heavy atom. The average Bonchev–Trinajstić information content (AvgIpc) is 2.31. The summed E-state index contributed by atoms with van der Waals surface area (Å²) < 4.78 is 0. The third-order valence-electron chi connectivity index (χ3n) is 3.72. The van der Waals surface area contributed by atoms with Crippen LogP contribution in [-0.4, -0.2) is 34.6 Å². The Kier molecular flexibility index (Phi) is 5.87. The highest BCUT2D eigenvalue weighted by Crippen LogP contribution is 2.29. The Labute approximate surface area is 109 Å². The smallest absolute Gasteiger partial charge is 0.00853 e. The highest BCUT2D eigenvalue weighted by atomic mass is 32.2. The standard InChI is InChI=1S/C13H25NS2/c1-2-16-13-5-3-4-12(10-13)14-11-6-8-15-9-7-11/h11-14H,2-10H2,1H3. The molecule has 2 atom stereocenters. The zero-order valence-corrected chi connectivity index (χ0v) is 12.0. The number of thioether (sulfide) groups is 2. The Bertz CT molecular complexity index is 190. The van der Waals surface area contributed by atoms with Crippen LogP contribution in [0, 0.1) is 0 Å². The molecule has 0 bridgehead atoms. The molecule has 2 rings (SSSR count). The summed E-state index contributed by atoms with van der Waals surface area (Å²) in [7, 11) is 0. The lowest BCUT2D eigenvalue weighted by molar-refractivity contribution is 0.331. The fourth-order valence-electron chi connectivity index (χ4n) is 2.88. The van der Waals surface area contributed by atoms with Gasteiger partial charge in [0.15, 0.2) is 0 Å². The minimum Gasteiger partial charge on any atom is -0.311 e. The first kappa shape index (κ1) is 13.1. The summed E-state index contributed by atoms with van der Waals surface area (Å²) in [6.45, 7) is 2.29. The first-order valence-corrected chi connectivity index (χ1v) is 9.04. The van der Waals surface area contributed by atoms with Gasteiger partial charge in [0, 0.05) is 17.3 Å². The second kappa shape index (κ2) is 7.17. The zero-order valence-electron chi connectivity index (χ0n) is 10.4. The molecule has 1 heterocycles. The summed E-state index contributed by atoms with van der Waals surface area (Å²) in [6, 6.07) is 1.66. The van der Waals surface area contributed by atoms with Gasteiger partial charge in [-0.3, -0.25) is 0 Å². The largest absolute Gasteiger partial charge is 0.311 e. The van der Waals surface area contributed by atoms with Crippen LogP contribution in [0.15, 0.2) is 0 Å². The van der Waals surface area contributed by atoms with Gasteiger partial charge in [-0.25, -0.2) is 0 Å². The fraction of sp³-hybridized carbons (Fsp3) is 1.00. The van der Waals surface area contributed by atoms with E-state index in [-0.39, 0.29) is 0 Å². The first-order valence-electron chi connectivity index (χ1n) is 6.84. The summed E-state index contributed by atoms with van der Waals surface area (Å²) in [5.74, 6) is 4.03. The third-order valence-corrected chi connectivity index (χ3v) is 6.00. The molecule has 0 aromatic rings. The quantitative estimate of drug-likeness (QED) is 0.829. The second-order valence-corrected chi connectivity index (χ2v) is 7.80. The Balaban J connectivity index is 1.71. The molecule has 1 nitrogen and oxygen atoms in total. The molecule has 0 amide bonds. The van der Waals surface area contributed by atoms with Gasteiger partial charge in [0.1, 0.15) is 0 Å². The fourth-order valence-corrected chi connectivity index (χ4v) is 5.16. The lowest BCUT2D eigenvalue weighted by Crippen LogP contribution is -2.43. The van der Waals surface area contributed by atoms with E-state index in [1.165, 1.54) is 55.8 Å². The lowest BCUT2D eigenvalue weighted by Gasteiger charge is -2.33. The molecule has 2 fully saturated rings. The van der Waals surface area contributed by atoms with Gasteiger partial charge in [-0.05, 0) is 49.4 Å². The molecular formula is C13H25NS2. The molecule has 1 aliphatic heterocycles. The van der Waals surface area contributed by atoms with Crippen LogP contribution in [0.2, 0.25) is 0 Å². The molecular weight excluding hydrogens is 234 g/mol. The molecule has 1 aliphatic carbocycles. The van der Waals surface area contributed by atoms with E-state index in [0.29, 0.717) is 0 Å². The van der Waals surface area contributed by atoms with Crippen LogP contribution >= 0.6 is 23.5 Å². The van der Waals surface area contributed by atoms with Crippen molar-refractivity contribution in [3.8, 4) is 0 Å². The van der Waals surface area contributed by atoms with E-state index in [4.69, 9.17) is 0 Å². The molecule has 3 heteroatoms. The van der Waals surface area contributed by atoms with Gasteiger partial charge < -0.3 is 5.32 Å². The van der Waals surface area contributed by atoms with E-state index in [1.807, 2.05) is 0 Å². The molecule has 94 valence electrons. The summed E-state index contributed by atoms with van der Waals surface area (Å²) in [5.41, 5.74) is 0. The Morgan fingerprint density at radius 2 is 1.94 bits per heavy atom. The van der Waals surface area contributed by atoms with Gasteiger partial charge >= 0.3 is 0 Å². The van der Waals surface area contributed by atoms with E-state index in [0.717, 1.165) is 17.3 Å². The summed E-state index contributed by atoms with van der Waals surface area (Å²) in [4.78, 5) is 0. The van der Waals surface area contributed by atoms with Gasteiger partial charge in [0.05, 0.1) is 0 Å². The normalized spacial score (nSPS) is 32.8. The molecule has 0 radical (unpaired) electrons. The van der Waals surface area contributed by atoms with Gasteiger partial charge in [-0.15, -0.1) is 0 Å². The SMILES string of the molecule is CCSC1CCCC(NC2CCSCC2)C1. The molecule has 1 saturated heterocycles. The molecule has 16 heavy (non-hydrogen) atoms. The third kappa shape index (κ3) is 4.15. The average molecular weight is 259 g/mol. The van der Waals surface area contributed by atoms with Crippen LogP contribution in [0.5, 0.6) is 0 Å². The van der Waals surface area contributed by atoms with E-state index in [2.05, 4.69) is 35.8 Å². The maximum Gasteiger partial charge on any atom is 0.00853 e. The molecule has 2 unspecified atom stereocenters. The highest BCUT2D eigenvalue weighted by Gasteiger charge is 2.24. The zero-order chi connectivity index (χ0) is 11.2. The van der Waals surface area contributed by atoms with E-state index in [9.17, 15) is 0 Å². The summed E-state index contributed by atoms with van der Waals surface area (Å²) in [6.07, 6.45) is 8.53. The Morgan fingerprint density at radius 1 is 1.12 bits per heavy atom. The number of rotatable bonds is 4. The number of hydrogen-bond acceptors (Lipinski definition) is 3. The van der Waals surface area contributed by atoms with Crippen LogP contribution in [0.1, 0.15) is 45.4 Å². The van der Waals surface area contributed by atoms with Crippen molar-refractivity contribution in [1.82, 2.24) is 5.32 Å². The molecule has 1 saturated carbocycles. The van der Waals surface area contributed by atoms with Gasteiger partial charge in [0.2, 0.25) is 0 Å². The minimum atomic E-state index is 0.825. The van der Waals surface area contributed by atoms with Crippen LogP contribution in [0.4, 0.5) is 0 Å². The van der Waals surface area contributed by atoms with E-state index >= 15 is 0 Å². The van der Waals surface area contributed by atoms with E-state index in [1.54, 1.807) is 0 Å². The van der Waals surface area contributed by atoms with Crippen molar-refractivity contribution < 1.29 is 0 Å². The molecule has 0 aromatic carbocycles. The molecule has 1 N–H and O–H groups in total. The summed E-state index contributed by atoms with van der Waals surface area (Å²) in [5, 5.41) is 4.86. The van der Waals surface area contributed by atoms with Crippen molar-refractivity contribution >= 4 is 23.5 Å². The van der Waals surface area contributed by atoms with Crippen LogP contribution in [0.3, 0.4) is 0 Å². The summed E-state index contributed by atoms with van der Waals surface area (Å²) >= 11 is 4.30.